The van der Waals surface area contributed by atoms with E-state index in [9.17, 15) is 0 Å². The Hall–Kier alpha value is -8.41. The predicted octanol–water partition coefficient (Wildman–Crippen LogP) is 15.3. The normalized spacial score (nSPS) is 11.5. The van der Waals surface area contributed by atoms with Crippen LogP contribution < -0.4 is 0 Å². The summed E-state index contributed by atoms with van der Waals surface area (Å²) in [5, 5.41) is 4.36. The Bertz CT molecular complexity index is 3590. The van der Waals surface area contributed by atoms with Gasteiger partial charge in [-0.2, -0.15) is 0 Å². The molecular formula is C57H35N3O2. The summed E-state index contributed by atoms with van der Waals surface area (Å²) in [6, 6.07) is 69.5. The van der Waals surface area contributed by atoms with Crippen LogP contribution in [0.2, 0.25) is 0 Å². The highest BCUT2D eigenvalue weighted by Gasteiger charge is 2.19. The van der Waals surface area contributed by atoms with Gasteiger partial charge in [-0.25, -0.2) is 9.97 Å². The van der Waals surface area contributed by atoms with E-state index in [4.69, 9.17) is 18.8 Å². The Balaban J connectivity index is 0.910. The number of aromatic nitrogens is 3. The molecule has 12 aromatic rings. The average molecular weight is 794 g/mol. The van der Waals surface area contributed by atoms with Crippen molar-refractivity contribution in [3.63, 3.8) is 0 Å². The molecule has 0 aliphatic heterocycles. The van der Waals surface area contributed by atoms with E-state index in [2.05, 4.69) is 157 Å². The standard InChI is InChI=1S/C57H35N3O2/c1-2-9-40(10-3-1)50-34-51(60-57(59-50)42-26-20-37(21-27-42)36-16-18-38(19-17-36)44-11-8-32-58-35-44)41-24-22-39(23-25-41)45-29-30-46(56-55(45)48-13-5-7-15-53(48)62-56)43-28-31-54-49(33-43)47-12-4-6-14-52(47)61-54/h1-35H. The lowest BCUT2D eigenvalue weighted by atomic mass is 9.93. The zero-order valence-electron chi connectivity index (χ0n) is 33.4. The van der Waals surface area contributed by atoms with Crippen LogP contribution in [0.3, 0.4) is 0 Å². The highest BCUT2D eigenvalue weighted by atomic mass is 16.3. The topological polar surface area (TPSA) is 65.0 Å². The van der Waals surface area contributed by atoms with E-state index in [0.717, 1.165) is 116 Å². The number of fused-ring (bicyclic) bond motifs is 6. The van der Waals surface area contributed by atoms with Gasteiger partial charge in [-0.1, -0.05) is 158 Å². The molecule has 0 aliphatic rings. The summed E-state index contributed by atoms with van der Waals surface area (Å²) in [7, 11) is 0. The molecule has 0 saturated heterocycles. The minimum absolute atomic E-state index is 0.674. The van der Waals surface area contributed by atoms with Gasteiger partial charge in [0.1, 0.15) is 22.3 Å². The summed E-state index contributed by atoms with van der Waals surface area (Å²) < 4.78 is 12.9. The van der Waals surface area contributed by atoms with Crippen molar-refractivity contribution in [3.05, 3.63) is 213 Å². The quantitative estimate of drug-likeness (QED) is 0.161. The van der Waals surface area contributed by atoms with Gasteiger partial charge in [0.25, 0.3) is 0 Å². The van der Waals surface area contributed by atoms with Gasteiger partial charge in [0.15, 0.2) is 5.82 Å². The van der Waals surface area contributed by atoms with Gasteiger partial charge >= 0.3 is 0 Å². The third kappa shape index (κ3) is 6.23. The maximum atomic E-state index is 6.70. The molecule has 0 N–H and O–H groups in total. The number of hydrogen-bond donors (Lipinski definition) is 0. The Kier molecular flexibility index (Phi) is 8.42. The molecule has 0 radical (unpaired) electrons. The highest BCUT2D eigenvalue weighted by molar-refractivity contribution is 6.17. The second-order valence-corrected chi connectivity index (χ2v) is 15.6. The van der Waals surface area contributed by atoms with Crippen molar-refractivity contribution in [2.45, 2.75) is 0 Å². The molecular weight excluding hydrogens is 759 g/mol. The van der Waals surface area contributed by atoms with Gasteiger partial charge in [-0.3, -0.25) is 4.98 Å². The maximum Gasteiger partial charge on any atom is 0.160 e. The minimum atomic E-state index is 0.674. The van der Waals surface area contributed by atoms with Gasteiger partial charge in [0.2, 0.25) is 0 Å². The molecule has 0 amide bonds. The van der Waals surface area contributed by atoms with E-state index in [1.165, 1.54) is 0 Å². The van der Waals surface area contributed by atoms with Gasteiger partial charge in [-0.05, 0) is 81.4 Å². The van der Waals surface area contributed by atoms with Crippen molar-refractivity contribution in [2.75, 3.05) is 0 Å². The number of hydrogen-bond acceptors (Lipinski definition) is 5. The SMILES string of the molecule is c1ccc(-c2cc(-c3ccc(-c4ccc(-c5ccc6oc7ccccc7c6c5)c5oc6ccccc6c45)cc3)nc(-c3ccc(-c4ccc(-c5cccnc5)cc4)cc3)n2)cc1. The van der Waals surface area contributed by atoms with Gasteiger partial charge < -0.3 is 8.83 Å². The second-order valence-electron chi connectivity index (χ2n) is 15.6. The number of para-hydroxylation sites is 2. The number of furan rings is 2. The van der Waals surface area contributed by atoms with Gasteiger partial charge in [0, 0.05) is 56.2 Å². The minimum Gasteiger partial charge on any atom is -0.456 e. The summed E-state index contributed by atoms with van der Waals surface area (Å²) in [4.78, 5) is 14.5. The first kappa shape index (κ1) is 35.5. The smallest absolute Gasteiger partial charge is 0.160 e. The Morgan fingerprint density at radius 3 is 1.56 bits per heavy atom. The van der Waals surface area contributed by atoms with E-state index < -0.39 is 0 Å². The van der Waals surface area contributed by atoms with Crippen LogP contribution >= 0.6 is 0 Å². The monoisotopic (exact) mass is 793 g/mol. The lowest BCUT2D eigenvalue weighted by Crippen LogP contribution is -1.96. The van der Waals surface area contributed by atoms with Gasteiger partial charge in [-0.15, -0.1) is 0 Å². The number of pyridine rings is 1. The lowest BCUT2D eigenvalue weighted by Gasteiger charge is -2.12. The molecule has 12 rings (SSSR count). The fraction of sp³-hybridized carbons (Fsp3) is 0. The number of rotatable bonds is 7. The summed E-state index contributed by atoms with van der Waals surface area (Å²) >= 11 is 0. The molecule has 5 nitrogen and oxygen atoms in total. The van der Waals surface area contributed by atoms with E-state index >= 15 is 0 Å². The van der Waals surface area contributed by atoms with Crippen LogP contribution in [0.5, 0.6) is 0 Å². The molecule has 290 valence electrons. The molecule has 0 unspecified atom stereocenters. The molecule has 0 saturated carbocycles. The summed E-state index contributed by atoms with van der Waals surface area (Å²) in [6.07, 6.45) is 3.69. The van der Waals surface area contributed by atoms with Crippen molar-refractivity contribution in [2.24, 2.45) is 0 Å². The Morgan fingerprint density at radius 2 is 0.855 bits per heavy atom. The van der Waals surface area contributed by atoms with E-state index in [0.29, 0.717) is 5.82 Å². The number of nitrogens with zero attached hydrogens (tertiary/aromatic N) is 3. The van der Waals surface area contributed by atoms with Crippen LogP contribution in [0.1, 0.15) is 0 Å². The molecule has 4 heterocycles. The molecule has 4 aromatic heterocycles. The molecule has 0 atom stereocenters. The Labute approximate surface area is 357 Å². The summed E-state index contributed by atoms with van der Waals surface area (Å²) in [5.74, 6) is 0.674. The van der Waals surface area contributed by atoms with Crippen molar-refractivity contribution >= 4 is 43.9 Å². The van der Waals surface area contributed by atoms with Crippen molar-refractivity contribution < 1.29 is 8.83 Å². The third-order valence-electron chi connectivity index (χ3n) is 11.9. The first-order chi connectivity index (χ1) is 30.7. The first-order valence-electron chi connectivity index (χ1n) is 20.7. The number of benzene rings is 8. The lowest BCUT2D eigenvalue weighted by molar-refractivity contribution is 0.668. The highest BCUT2D eigenvalue weighted by Crippen LogP contribution is 2.43. The van der Waals surface area contributed by atoms with Gasteiger partial charge in [0.05, 0.1) is 11.4 Å². The first-order valence-corrected chi connectivity index (χ1v) is 20.7. The van der Waals surface area contributed by atoms with Crippen molar-refractivity contribution in [1.29, 1.82) is 0 Å². The van der Waals surface area contributed by atoms with E-state index in [1.54, 1.807) is 6.20 Å². The maximum absolute atomic E-state index is 6.70. The zero-order valence-corrected chi connectivity index (χ0v) is 33.4. The molecule has 8 aromatic carbocycles. The fourth-order valence-electron chi connectivity index (χ4n) is 8.69. The zero-order chi connectivity index (χ0) is 41.0. The summed E-state index contributed by atoms with van der Waals surface area (Å²) in [6.45, 7) is 0. The molecule has 62 heavy (non-hydrogen) atoms. The Morgan fingerprint density at radius 1 is 0.323 bits per heavy atom. The molecule has 0 fully saturated rings. The fourth-order valence-corrected chi connectivity index (χ4v) is 8.69. The largest absolute Gasteiger partial charge is 0.456 e. The average Bonchev–Trinajstić information content (AvgIpc) is 3.93. The van der Waals surface area contributed by atoms with E-state index in [-0.39, 0.29) is 0 Å². The summed E-state index contributed by atoms with van der Waals surface area (Å²) in [5.41, 5.74) is 17.0. The van der Waals surface area contributed by atoms with Crippen LogP contribution in [0.4, 0.5) is 0 Å². The van der Waals surface area contributed by atoms with E-state index in [1.807, 2.05) is 54.7 Å². The van der Waals surface area contributed by atoms with Crippen LogP contribution in [0, 0.1) is 0 Å². The molecule has 0 spiro atoms. The van der Waals surface area contributed by atoms with Crippen LogP contribution in [0.15, 0.2) is 221 Å². The van der Waals surface area contributed by atoms with Crippen molar-refractivity contribution in [1.82, 2.24) is 15.0 Å². The van der Waals surface area contributed by atoms with Crippen LogP contribution in [-0.2, 0) is 0 Å². The third-order valence-corrected chi connectivity index (χ3v) is 11.9. The molecule has 0 bridgehead atoms. The van der Waals surface area contributed by atoms with Crippen LogP contribution in [0.25, 0.3) is 122 Å². The molecule has 0 aliphatic carbocycles. The predicted molar refractivity (Wildman–Crippen MR) is 252 cm³/mol. The van der Waals surface area contributed by atoms with Crippen LogP contribution in [-0.4, -0.2) is 15.0 Å². The van der Waals surface area contributed by atoms with Crippen molar-refractivity contribution in [3.8, 4) is 78.4 Å². The second kappa shape index (κ2) is 14.7. The molecule has 5 heteroatoms.